The fourth-order valence-corrected chi connectivity index (χ4v) is 12.4. The third kappa shape index (κ3) is 6.40. The summed E-state index contributed by atoms with van der Waals surface area (Å²) in [5, 5.41) is 0. The lowest BCUT2D eigenvalue weighted by atomic mass is 9.94. The number of rotatable bonds is 14. The van der Waals surface area contributed by atoms with Gasteiger partial charge in [0.25, 0.3) is 0 Å². The van der Waals surface area contributed by atoms with Crippen molar-refractivity contribution in [3.63, 3.8) is 0 Å². The Bertz CT molecular complexity index is 1630. The van der Waals surface area contributed by atoms with Crippen LogP contribution in [0, 0.1) is 25.7 Å². The predicted molar refractivity (Wildman–Crippen MR) is 198 cm³/mol. The first-order chi connectivity index (χ1) is 20.9. The first-order valence-electron chi connectivity index (χ1n) is 16.2. The van der Waals surface area contributed by atoms with Crippen LogP contribution in [0.5, 0.6) is 0 Å². The van der Waals surface area contributed by atoms with Gasteiger partial charge in [0, 0.05) is 49.4 Å². The van der Waals surface area contributed by atoms with E-state index in [-0.39, 0.29) is 0 Å². The van der Waals surface area contributed by atoms with Crippen LogP contribution in [0.15, 0.2) is 24.3 Å². The van der Waals surface area contributed by atoms with E-state index in [1.54, 1.807) is 0 Å². The third-order valence-electron chi connectivity index (χ3n) is 9.43. The fraction of sp³-hybridized carbons (Fsp3) is 0.500. The highest BCUT2D eigenvalue weighted by Crippen LogP contribution is 2.48. The summed E-state index contributed by atoms with van der Waals surface area (Å²) in [5.41, 5.74) is 7.39. The number of hydrogen-bond donors (Lipinski definition) is 0. The number of thiophene rings is 4. The van der Waals surface area contributed by atoms with E-state index in [0.717, 1.165) is 22.9 Å². The molecule has 0 aliphatic carbocycles. The van der Waals surface area contributed by atoms with E-state index >= 15 is 0 Å². The zero-order valence-corrected chi connectivity index (χ0v) is 30.6. The van der Waals surface area contributed by atoms with Crippen molar-refractivity contribution in [1.29, 1.82) is 0 Å². The van der Waals surface area contributed by atoms with Gasteiger partial charge in [-0.1, -0.05) is 66.2 Å². The molecule has 5 heterocycles. The number of nitrogens with zero attached hydrogens (tertiary/aromatic N) is 2. The molecule has 7 heteroatoms. The summed E-state index contributed by atoms with van der Waals surface area (Å²) >= 11 is 9.21. The highest BCUT2D eigenvalue weighted by atomic mass is 32.1. The van der Waals surface area contributed by atoms with E-state index in [9.17, 15) is 0 Å². The summed E-state index contributed by atoms with van der Waals surface area (Å²) in [6, 6.07) is 9.76. The SMILES string of the molecule is CCCC(CC)CCc1cc2sc(-c3c(C)c(C)c(-c4cc5sc(CCC(CC)CCC)cc5s4)c4nsnc34)cc2s1. The second-order valence-electron chi connectivity index (χ2n) is 12.3. The van der Waals surface area contributed by atoms with E-state index in [2.05, 4.69) is 65.8 Å². The molecule has 0 aliphatic rings. The van der Waals surface area contributed by atoms with Gasteiger partial charge in [-0.05, 0) is 86.8 Å². The first-order valence-corrected chi connectivity index (χ1v) is 20.2. The van der Waals surface area contributed by atoms with Crippen LogP contribution >= 0.6 is 57.1 Å². The van der Waals surface area contributed by atoms with Gasteiger partial charge in [-0.25, -0.2) is 0 Å². The van der Waals surface area contributed by atoms with Crippen molar-refractivity contribution in [2.24, 2.45) is 11.8 Å². The van der Waals surface area contributed by atoms with Crippen molar-refractivity contribution in [3.05, 3.63) is 45.1 Å². The van der Waals surface area contributed by atoms with Crippen LogP contribution < -0.4 is 0 Å². The van der Waals surface area contributed by atoms with Crippen molar-refractivity contribution in [2.45, 2.75) is 106 Å². The van der Waals surface area contributed by atoms with Gasteiger partial charge >= 0.3 is 0 Å². The third-order valence-corrected chi connectivity index (χ3v) is 14.7. The molecule has 1 aromatic carbocycles. The molecule has 0 fully saturated rings. The van der Waals surface area contributed by atoms with Crippen LogP contribution in [-0.4, -0.2) is 8.75 Å². The average molecular weight is 665 g/mol. The Balaban J connectivity index is 1.28. The van der Waals surface area contributed by atoms with E-state index < -0.39 is 0 Å². The van der Waals surface area contributed by atoms with Crippen LogP contribution in [-0.2, 0) is 12.8 Å². The maximum atomic E-state index is 4.90. The van der Waals surface area contributed by atoms with Gasteiger partial charge in [-0.2, -0.15) is 8.75 Å². The Morgan fingerprint density at radius 3 is 1.35 bits per heavy atom. The summed E-state index contributed by atoms with van der Waals surface area (Å²) in [6.45, 7) is 13.9. The largest absolute Gasteiger partial charge is 0.172 e. The maximum absolute atomic E-state index is 4.90. The Labute approximate surface area is 277 Å². The molecule has 0 spiro atoms. The van der Waals surface area contributed by atoms with E-state index in [4.69, 9.17) is 8.75 Å². The number of fused-ring (bicyclic) bond motifs is 3. The summed E-state index contributed by atoms with van der Waals surface area (Å²) < 4.78 is 15.5. The van der Waals surface area contributed by atoms with Crippen molar-refractivity contribution >= 4 is 86.9 Å². The summed E-state index contributed by atoms with van der Waals surface area (Å²) in [6.07, 6.45) is 13.0. The van der Waals surface area contributed by atoms with E-state index in [1.165, 1.54) is 136 Å². The Morgan fingerprint density at radius 1 is 0.558 bits per heavy atom. The molecule has 43 heavy (non-hydrogen) atoms. The zero-order chi connectivity index (χ0) is 30.1. The first kappa shape index (κ1) is 31.3. The van der Waals surface area contributed by atoms with E-state index in [1.807, 2.05) is 45.3 Å². The minimum Gasteiger partial charge on any atom is -0.172 e. The molecule has 2 nitrogen and oxygen atoms in total. The molecule has 0 N–H and O–H groups in total. The molecule has 2 unspecified atom stereocenters. The lowest BCUT2D eigenvalue weighted by Gasteiger charge is -2.13. The molecule has 0 radical (unpaired) electrons. The zero-order valence-electron chi connectivity index (χ0n) is 26.5. The molecule has 0 saturated carbocycles. The number of aromatic nitrogens is 2. The van der Waals surface area contributed by atoms with Gasteiger partial charge in [-0.15, -0.1) is 45.3 Å². The molecular weight excluding hydrogens is 621 g/mol. The molecule has 6 rings (SSSR count). The van der Waals surface area contributed by atoms with Gasteiger partial charge in [0.05, 0.1) is 11.7 Å². The quantitative estimate of drug-likeness (QED) is 0.116. The lowest BCUT2D eigenvalue weighted by Crippen LogP contribution is -1.99. The molecule has 6 aromatic rings. The van der Waals surface area contributed by atoms with Gasteiger partial charge in [-0.3, -0.25) is 0 Å². The average Bonchev–Trinajstić information content (AvgIpc) is 3.81. The molecular formula is C36H44N2S5. The topological polar surface area (TPSA) is 25.8 Å². The van der Waals surface area contributed by atoms with Crippen molar-refractivity contribution in [1.82, 2.24) is 8.75 Å². The minimum absolute atomic E-state index is 0.862. The lowest BCUT2D eigenvalue weighted by molar-refractivity contribution is 0.434. The maximum Gasteiger partial charge on any atom is 0.114 e. The summed E-state index contributed by atoms with van der Waals surface area (Å²) in [5.74, 6) is 1.72. The smallest absolute Gasteiger partial charge is 0.114 e. The highest BCUT2D eigenvalue weighted by molar-refractivity contribution is 7.30. The Morgan fingerprint density at radius 2 is 0.977 bits per heavy atom. The summed E-state index contributed by atoms with van der Waals surface area (Å²) in [7, 11) is 0. The molecule has 0 aliphatic heterocycles. The minimum atomic E-state index is 0.862. The van der Waals surface area contributed by atoms with Gasteiger partial charge in [0.2, 0.25) is 0 Å². The van der Waals surface area contributed by atoms with Crippen LogP contribution in [0.2, 0.25) is 0 Å². The number of benzene rings is 1. The molecule has 228 valence electrons. The number of hydrogen-bond acceptors (Lipinski definition) is 7. The van der Waals surface area contributed by atoms with Crippen molar-refractivity contribution < 1.29 is 0 Å². The molecule has 5 aromatic heterocycles. The number of aryl methyl sites for hydroxylation is 2. The van der Waals surface area contributed by atoms with Crippen LogP contribution in [0.4, 0.5) is 0 Å². The second kappa shape index (κ2) is 13.8. The monoisotopic (exact) mass is 664 g/mol. The van der Waals surface area contributed by atoms with Gasteiger partial charge < -0.3 is 0 Å². The van der Waals surface area contributed by atoms with Crippen LogP contribution in [0.1, 0.15) is 99.9 Å². The van der Waals surface area contributed by atoms with E-state index in [0.29, 0.717) is 0 Å². The normalized spacial score (nSPS) is 13.6. The summed E-state index contributed by atoms with van der Waals surface area (Å²) in [4.78, 5) is 5.75. The Kier molecular flexibility index (Phi) is 10.0. The predicted octanol–water partition coefficient (Wildman–Crippen LogP) is 13.7. The highest BCUT2D eigenvalue weighted by Gasteiger charge is 2.23. The van der Waals surface area contributed by atoms with Gasteiger partial charge in [0.1, 0.15) is 11.0 Å². The van der Waals surface area contributed by atoms with Crippen LogP contribution in [0.3, 0.4) is 0 Å². The molecule has 0 saturated heterocycles. The standard InChI is InChI=1S/C36H44N2S5/c1-7-11-23(9-3)13-15-25-17-27-29(39-25)19-31(41-27)33-21(5)22(6)34(36-35(33)37-43-38-36)32-20-30-28(42-32)18-26(40-30)16-14-24(10-4)12-8-2/h17-20,23-24H,7-16H2,1-6H3. The molecule has 0 amide bonds. The van der Waals surface area contributed by atoms with Crippen LogP contribution in [0.25, 0.3) is 50.7 Å². The fourth-order valence-electron chi connectivity index (χ4n) is 6.73. The molecule has 2 atom stereocenters. The second-order valence-corrected chi connectivity index (χ2v) is 17.3. The van der Waals surface area contributed by atoms with Crippen molar-refractivity contribution in [2.75, 3.05) is 0 Å². The molecule has 0 bridgehead atoms. The van der Waals surface area contributed by atoms with Gasteiger partial charge in [0.15, 0.2) is 0 Å². The van der Waals surface area contributed by atoms with Crippen molar-refractivity contribution in [3.8, 4) is 20.9 Å². The Hall–Kier alpha value is -1.64.